The van der Waals surface area contributed by atoms with Crippen molar-refractivity contribution < 1.29 is 9.47 Å². The van der Waals surface area contributed by atoms with Crippen molar-refractivity contribution in [1.82, 2.24) is 9.55 Å². The van der Waals surface area contributed by atoms with Crippen LogP contribution >= 0.6 is 23.1 Å². The zero-order valence-electron chi connectivity index (χ0n) is 16.8. The maximum absolute atomic E-state index is 13.7. The second-order valence-corrected chi connectivity index (χ2v) is 9.38. The number of benzene rings is 1. The first-order chi connectivity index (χ1) is 14.0. The van der Waals surface area contributed by atoms with E-state index in [4.69, 9.17) is 14.5 Å². The van der Waals surface area contributed by atoms with Crippen LogP contribution in [-0.4, -0.2) is 28.5 Å². The predicted molar refractivity (Wildman–Crippen MR) is 120 cm³/mol. The summed E-state index contributed by atoms with van der Waals surface area (Å²) < 4.78 is 13.0. The largest absolute Gasteiger partial charge is 0.497 e. The van der Waals surface area contributed by atoms with Crippen molar-refractivity contribution in [2.24, 2.45) is 5.92 Å². The molecular formula is C22H24N2O3S2. The molecule has 0 saturated heterocycles. The number of nitrogens with zero attached hydrogens (tertiary/aromatic N) is 2. The molecule has 0 unspecified atom stereocenters. The first-order valence-electron chi connectivity index (χ1n) is 9.60. The van der Waals surface area contributed by atoms with Crippen LogP contribution in [0.5, 0.6) is 5.75 Å². The zero-order valence-corrected chi connectivity index (χ0v) is 18.4. The molecule has 1 atom stereocenters. The molecule has 1 aliphatic heterocycles. The van der Waals surface area contributed by atoms with Gasteiger partial charge in [-0.2, -0.15) is 0 Å². The number of rotatable bonds is 6. The summed E-state index contributed by atoms with van der Waals surface area (Å²) in [4.78, 5) is 20.5. The van der Waals surface area contributed by atoms with Crippen molar-refractivity contribution in [2.75, 3.05) is 12.9 Å². The standard InChI is InChI=1S/C22H24N2O3S2/c1-5-10-28-22-23-20-19(16-11-17(13(2)3)27-12-18(16)29-20)21(25)24(22)14-6-8-15(26-4)9-7-14/h5-9,13,17H,1,10-12H2,2-4H3/t17-/m0/s1. The Bertz CT molecular complexity index is 1100. The third-order valence-corrected chi connectivity index (χ3v) is 7.15. The van der Waals surface area contributed by atoms with Gasteiger partial charge in [0.05, 0.1) is 30.9 Å². The maximum atomic E-state index is 13.7. The number of hydrogen-bond donors (Lipinski definition) is 0. The van der Waals surface area contributed by atoms with E-state index in [0.29, 0.717) is 23.4 Å². The quantitative estimate of drug-likeness (QED) is 0.320. The Morgan fingerprint density at radius 1 is 1.41 bits per heavy atom. The van der Waals surface area contributed by atoms with Crippen LogP contribution in [0.4, 0.5) is 0 Å². The number of ether oxygens (including phenoxy) is 2. The SMILES string of the molecule is C=CCSc1nc2sc3c(c2c(=O)n1-c1ccc(OC)cc1)C[C@@H](C(C)C)OC3. The van der Waals surface area contributed by atoms with Crippen molar-refractivity contribution in [3.63, 3.8) is 0 Å². The number of fused-ring (bicyclic) bond motifs is 3. The molecule has 0 radical (unpaired) electrons. The number of aromatic nitrogens is 2. The molecule has 29 heavy (non-hydrogen) atoms. The molecule has 0 N–H and O–H groups in total. The Labute approximate surface area is 178 Å². The first-order valence-corrected chi connectivity index (χ1v) is 11.4. The highest BCUT2D eigenvalue weighted by atomic mass is 32.2. The monoisotopic (exact) mass is 428 g/mol. The molecule has 1 aromatic carbocycles. The molecule has 2 aromatic heterocycles. The summed E-state index contributed by atoms with van der Waals surface area (Å²) in [6.45, 7) is 8.66. The van der Waals surface area contributed by atoms with E-state index in [-0.39, 0.29) is 11.7 Å². The molecule has 3 aromatic rings. The highest BCUT2D eigenvalue weighted by Crippen LogP contribution is 2.36. The topological polar surface area (TPSA) is 53.4 Å². The van der Waals surface area contributed by atoms with Crippen molar-refractivity contribution in [3.05, 3.63) is 57.7 Å². The predicted octanol–water partition coefficient (Wildman–Crippen LogP) is 4.83. The van der Waals surface area contributed by atoms with Gasteiger partial charge in [-0.15, -0.1) is 17.9 Å². The fourth-order valence-corrected chi connectivity index (χ4v) is 5.44. The van der Waals surface area contributed by atoms with E-state index >= 15 is 0 Å². The minimum atomic E-state index is -0.0198. The van der Waals surface area contributed by atoms with Crippen LogP contribution < -0.4 is 10.3 Å². The Morgan fingerprint density at radius 2 is 2.17 bits per heavy atom. The van der Waals surface area contributed by atoms with Gasteiger partial charge in [-0.1, -0.05) is 31.7 Å². The Kier molecular flexibility index (Phi) is 5.81. The van der Waals surface area contributed by atoms with E-state index in [0.717, 1.165) is 38.5 Å². The highest BCUT2D eigenvalue weighted by Gasteiger charge is 2.28. The lowest BCUT2D eigenvalue weighted by Gasteiger charge is -2.26. The lowest BCUT2D eigenvalue weighted by atomic mass is 9.96. The molecule has 7 heteroatoms. The van der Waals surface area contributed by atoms with Gasteiger partial charge < -0.3 is 9.47 Å². The second-order valence-electron chi connectivity index (χ2n) is 7.31. The number of thioether (sulfide) groups is 1. The van der Waals surface area contributed by atoms with E-state index in [1.165, 1.54) is 11.8 Å². The minimum absolute atomic E-state index is 0.0198. The van der Waals surface area contributed by atoms with Gasteiger partial charge >= 0.3 is 0 Å². The highest BCUT2D eigenvalue weighted by molar-refractivity contribution is 7.99. The van der Waals surface area contributed by atoms with Gasteiger partial charge in [0.25, 0.3) is 5.56 Å². The summed E-state index contributed by atoms with van der Waals surface area (Å²) in [5, 5.41) is 1.41. The second kappa shape index (κ2) is 8.34. The molecular weight excluding hydrogens is 404 g/mol. The third-order valence-electron chi connectivity index (χ3n) is 5.12. The van der Waals surface area contributed by atoms with Gasteiger partial charge in [0.1, 0.15) is 10.6 Å². The third kappa shape index (κ3) is 3.74. The number of thiophene rings is 1. The fraction of sp³-hybridized carbons (Fsp3) is 0.364. The summed E-state index contributed by atoms with van der Waals surface area (Å²) in [5.41, 5.74) is 1.87. The summed E-state index contributed by atoms with van der Waals surface area (Å²) in [6.07, 6.45) is 2.70. The average Bonchev–Trinajstić information content (AvgIpc) is 3.10. The smallest absolute Gasteiger partial charge is 0.267 e. The molecule has 0 saturated carbocycles. The molecule has 0 aliphatic carbocycles. The van der Waals surface area contributed by atoms with Crippen molar-refractivity contribution in [1.29, 1.82) is 0 Å². The average molecular weight is 429 g/mol. The van der Waals surface area contributed by atoms with Gasteiger partial charge in [-0.05, 0) is 35.7 Å². The molecule has 3 heterocycles. The molecule has 0 spiro atoms. The van der Waals surface area contributed by atoms with E-state index in [1.807, 2.05) is 30.3 Å². The lowest BCUT2D eigenvalue weighted by Crippen LogP contribution is -2.28. The molecule has 152 valence electrons. The number of methoxy groups -OCH3 is 1. The van der Waals surface area contributed by atoms with E-state index < -0.39 is 0 Å². The van der Waals surface area contributed by atoms with Gasteiger partial charge in [0.15, 0.2) is 5.16 Å². The van der Waals surface area contributed by atoms with Crippen molar-refractivity contribution in [3.8, 4) is 11.4 Å². The van der Waals surface area contributed by atoms with Crippen LogP contribution in [0.15, 0.2) is 46.9 Å². The Hall–Kier alpha value is -2.09. The van der Waals surface area contributed by atoms with Gasteiger partial charge in [-0.25, -0.2) is 4.98 Å². The van der Waals surface area contributed by atoms with Crippen LogP contribution in [0.25, 0.3) is 15.9 Å². The van der Waals surface area contributed by atoms with Crippen LogP contribution in [0.2, 0.25) is 0 Å². The summed E-state index contributed by atoms with van der Waals surface area (Å²) >= 11 is 3.09. The lowest BCUT2D eigenvalue weighted by molar-refractivity contribution is 0.00200. The summed E-state index contributed by atoms with van der Waals surface area (Å²) in [7, 11) is 1.63. The minimum Gasteiger partial charge on any atom is -0.497 e. The van der Waals surface area contributed by atoms with Crippen LogP contribution in [0, 0.1) is 5.92 Å². The molecule has 4 rings (SSSR count). The molecule has 0 bridgehead atoms. The molecule has 0 fully saturated rings. The molecule has 0 amide bonds. The van der Waals surface area contributed by atoms with Crippen LogP contribution in [0.1, 0.15) is 24.3 Å². The summed E-state index contributed by atoms with van der Waals surface area (Å²) in [5.74, 6) is 1.83. The Balaban J connectivity index is 1.92. The Morgan fingerprint density at radius 3 is 2.83 bits per heavy atom. The fourth-order valence-electron chi connectivity index (χ4n) is 3.53. The van der Waals surface area contributed by atoms with Gasteiger partial charge in [-0.3, -0.25) is 9.36 Å². The normalized spacial score (nSPS) is 16.2. The molecule has 1 aliphatic rings. The van der Waals surface area contributed by atoms with Crippen LogP contribution in [-0.2, 0) is 17.8 Å². The summed E-state index contributed by atoms with van der Waals surface area (Å²) in [6, 6.07) is 7.51. The first kappa shape index (κ1) is 20.2. The van der Waals surface area contributed by atoms with Crippen LogP contribution in [0.3, 0.4) is 0 Å². The maximum Gasteiger partial charge on any atom is 0.267 e. The zero-order chi connectivity index (χ0) is 20.5. The van der Waals surface area contributed by atoms with E-state index in [2.05, 4.69) is 20.4 Å². The molecule has 5 nitrogen and oxygen atoms in total. The van der Waals surface area contributed by atoms with Crippen molar-refractivity contribution >= 4 is 33.3 Å². The van der Waals surface area contributed by atoms with Crippen molar-refractivity contribution in [2.45, 2.75) is 38.1 Å². The van der Waals surface area contributed by atoms with Gasteiger partial charge in [0.2, 0.25) is 0 Å². The van der Waals surface area contributed by atoms with E-state index in [1.54, 1.807) is 23.0 Å². The number of hydrogen-bond acceptors (Lipinski definition) is 6. The van der Waals surface area contributed by atoms with E-state index in [9.17, 15) is 4.79 Å². The van der Waals surface area contributed by atoms with Gasteiger partial charge in [0, 0.05) is 17.1 Å².